The topological polar surface area (TPSA) is 118 Å². The Balaban J connectivity index is 1.83. The molecule has 3 aromatic heterocycles. The van der Waals surface area contributed by atoms with E-state index in [1.54, 1.807) is 31.3 Å². The highest BCUT2D eigenvalue weighted by atomic mass is 19.4. The number of halogens is 3. The fourth-order valence-electron chi connectivity index (χ4n) is 2.03. The van der Waals surface area contributed by atoms with Crippen LogP contribution in [0, 0.1) is 0 Å². The fraction of sp³-hybridized carbons (Fsp3) is 0.214. The zero-order valence-electron chi connectivity index (χ0n) is 12.9. The SMILES string of the molecule is CC(Nc1nc(N)nc(-c2ccccn2)n1)c1ncc(C(F)(F)F)[nH]1. The number of nitrogen functional groups attached to an aromatic ring is 1. The summed E-state index contributed by atoms with van der Waals surface area (Å²) in [6.07, 6.45) is -2.18. The second-order valence-electron chi connectivity index (χ2n) is 5.10. The number of nitrogens with zero attached hydrogens (tertiary/aromatic N) is 5. The molecule has 4 N–H and O–H groups in total. The summed E-state index contributed by atoms with van der Waals surface area (Å²) in [7, 11) is 0. The van der Waals surface area contributed by atoms with E-state index in [1.807, 2.05) is 0 Å². The van der Waals surface area contributed by atoms with E-state index in [0.717, 1.165) is 6.20 Å². The van der Waals surface area contributed by atoms with Gasteiger partial charge in [0.25, 0.3) is 0 Å². The van der Waals surface area contributed by atoms with E-state index in [-0.39, 0.29) is 23.5 Å². The van der Waals surface area contributed by atoms with E-state index in [0.29, 0.717) is 5.69 Å². The molecule has 0 aliphatic heterocycles. The summed E-state index contributed by atoms with van der Waals surface area (Å²) in [4.78, 5) is 22.2. The number of hydrogen-bond acceptors (Lipinski definition) is 7. The predicted molar refractivity (Wildman–Crippen MR) is 83.1 cm³/mol. The summed E-state index contributed by atoms with van der Waals surface area (Å²) in [5.41, 5.74) is 5.23. The molecule has 0 fully saturated rings. The molecule has 0 spiro atoms. The molecule has 25 heavy (non-hydrogen) atoms. The Hall–Kier alpha value is -3.24. The molecule has 3 heterocycles. The van der Waals surface area contributed by atoms with Crippen LogP contribution in [0.3, 0.4) is 0 Å². The van der Waals surface area contributed by atoms with Gasteiger partial charge in [0.2, 0.25) is 11.9 Å². The van der Waals surface area contributed by atoms with Crippen molar-refractivity contribution >= 4 is 11.9 Å². The molecule has 0 radical (unpaired) electrons. The highest BCUT2D eigenvalue weighted by Crippen LogP contribution is 2.28. The minimum Gasteiger partial charge on any atom is -0.368 e. The number of hydrogen-bond donors (Lipinski definition) is 3. The minimum absolute atomic E-state index is 0.0409. The molecule has 0 saturated heterocycles. The van der Waals surface area contributed by atoms with Crippen LogP contribution in [-0.2, 0) is 6.18 Å². The molecular weight excluding hydrogens is 337 g/mol. The highest BCUT2D eigenvalue weighted by molar-refractivity contribution is 5.52. The van der Waals surface area contributed by atoms with Crippen LogP contribution in [0.1, 0.15) is 24.5 Å². The van der Waals surface area contributed by atoms with Crippen LogP contribution in [0.5, 0.6) is 0 Å². The third kappa shape index (κ3) is 3.82. The van der Waals surface area contributed by atoms with Gasteiger partial charge in [0, 0.05) is 6.20 Å². The molecule has 3 aromatic rings. The molecule has 11 heteroatoms. The van der Waals surface area contributed by atoms with Gasteiger partial charge in [0.05, 0.1) is 12.2 Å². The van der Waals surface area contributed by atoms with Crippen molar-refractivity contribution in [1.29, 1.82) is 0 Å². The Labute approximate surface area is 139 Å². The molecule has 1 unspecified atom stereocenters. The van der Waals surface area contributed by atoms with Crippen LogP contribution in [0.15, 0.2) is 30.6 Å². The largest absolute Gasteiger partial charge is 0.432 e. The Morgan fingerprint density at radius 1 is 1.16 bits per heavy atom. The number of anilines is 2. The van der Waals surface area contributed by atoms with E-state index >= 15 is 0 Å². The highest BCUT2D eigenvalue weighted by Gasteiger charge is 2.33. The maximum absolute atomic E-state index is 12.6. The van der Waals surface area contributed by atoms with Crippen LogP contribution in [0.25, 0.3) is 11.5 Å². The lowest BCUT2D eigenvalue weighted by Gasteiger charge is -2.12. The van der Waals surface area contributed by atoms with Crippen molar-refractivity contribution in [3.63, 3.8) is 0 Å². The summed E-state index contributed by atoms with van der Waals surface area (Å²) >= 11 is 0. The first kappa shape index (κ1) is 16.6. The maximum Gasteiger partial charge on any atom is 0.432 e. The van der Waals surface area contributed by atoms with Gasteiger partial charge in [-0.3, -0.25) is 4.98 Å². The first-order valence-electron chi connectivity index (χ1n) is 7.14. The van der Waals surface area contributed by atoms with Gasteiger partial charge in [-0.25, -0.2) is 4.98 Å². The number of H-pyrrole nitrogens is 1. The average molecular weight is 350 g/mol. The number of nitrogens with two attached hydrogens (primary N) is 1. The van der Waals surface area contributed by atoms with Crippen molar-refractivity contribution in [2.24, 2.45) is 0 Å². The number of alkyl halides is 3. The van der Waals surface area contributed by atoms with Gasteiger partial charge >= 0.3 is 6.18 Å². The van der Waals surface area contributed by atoms with Crippen molar-refractivity contribution in [2.75, 3.05) is 11.1 Å². The van der Waals surface area contributed by atoms with E-state index in [1.165, 1.54) is 0 Å². The van der Waals surface area contributed by atoms with Crippen LogP contribution in [0.2, 0.25) is 0 Å². The van der Waals surface area contributed by atoms with Crippen LogP contribution >= 0.6 is 0 Å². The monoisotopic (exact) mass is 350 g/mol. The number of rotatable bonds is 4. The third-order valence-electron chi connectivity index (χ3n) is 3.20. The van der Waals surface area contributed by atoms with Crippen LogP contribution in [0.4, 0.5) is 25.1 Å². The molecule has 1 atom stereocenters. The Morgan fingerprint density at radius 3 is 2.60 bits per heavy atom. The molecular formula is C14H13F3N8. The zero-order valence-corrected chi connectivity index (χ0v) is 12.9. The molecule has 0 aliphatic carbocycles. The van der Waals surface area contributed by atoms with Gasteiger partial charge in [-0.15, -0.1) is 0 Å². The lowest BCUT2D eigenvalue weighted by molar-refractivity contribution is -0.140. The van der Waals surface area contributed by atoms with Crippen molar-refractivity contribution in [3.05, 3.63) is 42.1 Å². The fourth-order valence-corrected chi connectivity index (χ4v) is 2.03. The molecule has 3 rings (SSSR count). The van der Waals surface area contributed by atoms with Gasteiger partial charge in [0.15, 0.2) is 5.82 Å². The number of aromatic amines is 1. The lowest BCUT2D eigenvalue weighted by atomic mass is 10.3. The van der Waals surface area contributed by atoms with Gasteiger partial charge in [0.1, 0.15) is 17.2 Å². The smallest absolute Gasteiger partial charge is 0.368 e. The normalized spacial score (nSPS) is 12.8. The summed E-state index contributed by atoms with van der Waals surface area (Å²) in [5.74, 6) is 0.398. The van der Waals surface area contributed by atoms with Crippen LogP contribution in [-0.4, -0.2) is 29.9 Å². The van der Waals surface area contributed by atoms with Crippen LogP contribution < -0.4 is 11.1 Å². The number of pyridine rings is 1. The van der Waals surface area contributed by atoms with E-state index < -0.39 is 17.9 Å². The molecule has 0 aliphatic rings. The Bertz CT molecular complexity index is 862. The number of nitrogens with one attached hydrogen (secondary N) is 2. The van der Waals surface area contributed by atoms with Gasteiger partial charge in [-0.05, 0) is 19.1 Å². The minimum atomic E-state index is -4.49. The molecule has 0 saturated carbocycles. The Kier molecular flexibility index (Phi) is 4.21. The maximum atomic E-state index is 12.6. The summed E-state index contributed by atoms with van der Waals surface area (Å²) in [5, 5.41) is 2.84. The molecule has 0 amide bonds. The molecule has 130 valence electrons. The van der Waals surface area contributed by atoms with Gasteiger partial charge in [-0.2, -0.15) is 28.1 Å². The lowest BCUT2D eigenvalue weighted by Crippen LogP contribution is -2.14. The predicted octanol–water partition coefficient (Wildman–Crippen LogP) is 2.43. The van der Waals surface area contributed by atoms with Crippen molar-refractivity contribution in [2.45, 2.75) is 19.1 Å². The second-order valence-corrected chi connectivity index (χ2v) is 5.10. The second kappa shape index (κ2) is 6.34. The zero-order chi connectivity index (χ0) is 18.0. The first-order valence-corrected chi connectivity index (χ1v) is 7.14. The number of imidazole rings is 1. The molecule has 0 bridgehead atoms. The molecule has 0 aromatic carbocycles. The summed E-state index contributed by atoms with van der Waals surface area (Å²) in [6.45, 7) is 1.61. The van der Waals surface area contributed by atoms with Crippen molar-refractivity contribution in [1.82, 2.24) is 29.9 Å². The van der Waals surface area contributed by atoms with E-state index in [9.17, 15) is 13.2 Å². The Morgan fingerprint density at radius 2 is 1.96 bits per heavy atom. The van der Waals surface area contributed by atoms with E-state index in [4.69, 9.17) is 5.73 Å². The quantitative estimate of drug-likeness (QED) is 0.661. The van der Waals surface area contributed by atoms with Gasteiger partial charge in [-0.1, -0.05) is 6.07 Å². The number of aromatic nitrogens is 6. The standard InChI is InChI=1S/C14H13F3N8/c1-7(10-20-6-9(22-10)14(15,16)17)21-13-24-11(23-12(18)25-13)8-4-2-3-5-19-8/h2-7H,1H3,(H,20,22)(H3,18,21,23,24,25). The van der Waals surface area contributed by atoms with Gasteiger partial charge < -0.3 is 16.0 Å². The van der Waals surface area contributed by atoms with Crippen molar-refractivity contribution < 1.29 is 13.2 Å². The van der Waals surface area contributed by atoms with E-state index in [2.05, 4.69) is 35.2 Å². The first-order chi connectivity index (χ1) is 11.8. The average Bonchev–Trinajstić information content (AvgIpc) is 3.05. The molecule has 8 nitrogen and oxygen atoms in total. The van der Waals surface area contributed by atoms with Crippen molar-refractivity contribution in [3.8, 4) is 11.5 Å². The third-order valence-corrected chi connectivity index (χ3v) is 3.20. The summed E-state index contributed by atoms with van der Waals surface area (Å²) in [6, 6.07) is 4.59. The summed E-state index contributed by atoms with van der Waals surface area (Å²) < 4.78 is 37.9.